The first kappa shape index (κ1) is 27.3. The molecule has 3 aromatic heterocycles. The molecule has 3 heterocycles. The van der Waals surface area contributed by atoms with Crippen LogP contribution in [-0.2, 0) is 19.5 Å². The number of rotatable bonds is 11. The fraction of sp³-hybridized carbons (Fsp3) is 0.219. The summed E-state index contributed by atoms with van der Waals surface area (Å²) in [7, 11) is 4.13. The van der Waals surface area contributed by atoms with E-state index >= 15 is 0 Å². The molecule has 0 atom stereocenters. The monoisotopic (exact) mass is 549 g/mol. The largest absolute Gasteiger partial charge is 0.309 e. The Labute approximate surface area is 237 Å². The predicted octanol–water partition coefficient (Wildman–Crippen LogP) is 5.63. The fourth-order valence-corrected chi connectivity index (χ4v) is 5.07. The average molecular weight is 550 g/mol. The molecule has 0 unspecified atom stereocenters. The number of carbonyl (C=O) groups is 1. The molecule has 2 aromatic carbocycles. The third kappa shape index (κ3) is 7.02. The lowest BCUT2D eigenvalue weighted by Gasteiger charge is -2.10. The van der Waals surface area contributed by atoms with Crippen LogP contribution >= 0.6 is 11.3 Å². The maximum absolute atomic E-state index is 12.8. The van der Waals surface area contributed by atoms with Crippen LogP contribution in [0.5, 0.6) is 0 Å². The van der Waals surface area contributed by atoms with Gasteiger partial charge >= 0.3 is 0 Å². The summed E-state index contributed by atoms with van der Waals surface area (Å²) >= 11 is 1.48. The smallest absolute Gasteiger partial charge is 0.261 e. The van der Waals surface area contributed by atoms with Gasteiger partial charge in [-0.15, -0.1) is 11.3 Å². The number of fused-ring (bicyclic) bond motifs is 1. The van der Waals surface area contributed by atoms with Crippen LogP contribution < -0.4 is 5.56 Å². The number of nitrogens with zero attached hydrogens (tertiary/aromatic N) is 5. The van der Waals surface area contributed by atoms with E-state index in [0.717, 1.165) is 34.5 Å². The van der Waals surface area contributed by atoms with Gasteiger partial charge in [-0.1, -0.05) is 42.5 Å². The summed E-state index contributed by atoms with van der Waals surface area (Å²) in [6.45, 7) is 1.28. The summed E-state index contributed by atoms with van der Waals surface area (Å²) in [5, 5.41) is 2.86. The van der Waals surface area contributed by atoms with Gasteiger partial charge in [0.15, 0.2) is 5.78 Å². The van der Waals surface area contributed by atoms with Gasteiger partial charge in [0.1, 0.15) is 5.82 Å². The molecule has 0 aliphatic rings. The van der Waals surface area contributed by atoms with Gasteiger partial charge in [-0.3, -0.25) is 9.59 Å². The first-order chi connectivity index (χ1) is 19.4. The highest BCUT2D eigenvalue weighted by molar-refractivity contribution is 7.07. The van der Waals surface area contributed by atoms with Crippen LogP contribution in [0.25, 0.3) is 17.0 Å². The van der Waals surface area contributed by atoms with Gasteiger partial charge in [-0.25, -0.2) is 15.0 Å². The van der Waals surface area contributed by atoms with Crippen LogP contribution in [-0.4, -0.2) is 44.3 Å². The van der Waals surface area contributed by atoms with Gasteiger partial charge in [-0.05, 0) is 61.5 Å². The van der Waals surface area contributed by atoms with Crippen LogP contribution in [0.3, 0.4) is 0 Å². The van der Waals surface area contributed by atoms with Crippen molar-refractivity contribution in [2.75, 3.05) is 14.1 Å². The van der Waals surface area contributed by atoms with Crippen LogP contribution in [0.15, 0.2) is 88.8 Å². The van der Waals surface area contributed by atoms with Crippen molar-refractivity contribution in [2.45, 2.75) is 32.4 Å². The normalized spacial score (nSPS) is 11.6. The summed E-state index contributed by atoms with van der Waals surface area (Å²) in [5.74, 6) is 0.635. The van der Waals surface area contributed by atoms with Gasteiger partial charge in [0.25, 0.3) is 5.56 Å². The van der Waals surface area contributed by atoms with E-state index in [0.29, 0.717) is 19.4 Å². The first-order valence-electron chi connectivity index (χ1n) is 13.2. The van der Waals surface area contributed by atoms with Gasteiger partial charge in [0.2, 0.25) is 0 Å². The molecule has 0 radical (unpaired) electrons. The molecule has 0 aliphatic carbocycles. The molecule has 0 fully saturated rings. The molecule has 202 valence electrons. The lowest BCUT2D eigenvalue weighted by Crippen LogP contribution is -2.26. The van der Waals surface area contributed by atoms with E-state index in [9.17, 15) is 9.59 Å². The van der Waals surface area contributed by atoms with Crippen molar-refractivity contribution < 1.29 is 4.79 Å². The van der Waals surface area contributed by atoms with E-state index in [1.807, 2.05) is 41.9 Å². The van der Waals surface area contributed by atoms with Crippen LogP contribution in [0.2, 0.25) is 0 Å². The average Bonchev–Trinajstić information content (AvgIpc) is 3.46. The lowest BCUT2D eigenvalue weighted by molar-refractivity contribution is 0.0981. The summed E-state index contributed by atoms with van der Waals surface area (Å²) in [6, 6.07) is 18.0. The molecule has 5 aromatic rings. The Hall–Kier alpha value is -4.27. The molecule has 0 bridgehead atoms. The number of allylic oxidation sites excluding steroid dienone is 1. The van der Waals surface area contributed by atoms with E-state index in [1.54, 1.807) is 23.8 Å². The zero-order chi connectivity index (χ0) is 27.9. The number of pyridine rings is 1. The van der Waals surface area contributed by atoms with Crippen molar-refractivity contribution >= 4 is 34.1 Å². The van der Waals surface area contributed by atoms with E-state index in [-0.39, 0.29) is 23.3 Å². The number of hydrogen-bond acceptors (Lipinski definition) is 7. The summed E-state index contributed by atoms with van der Waals surface area (Å²) < 4.78 is 1.53. The highest BCUT2D eigenvalue weighted by Gasteiger charge is 2.12. The third-order valence-corrected chi connectivity index (χ3v) is 7.16. The first-order valence-corrected chi connectivity index (χ1v) is 14.1. The molecule has 0 saturated heterocycles. The van der Waals surface area contributed by atoms with Crippen LogP contribution in [0.1, 0.15) is 51.4 Å². The zero-order valence-corrected chi connectivity index (χ0v) is 23.5. The number of hydrogen-bond donors (Lipinski definition) is 0. The van der Waals surface area contributed by atoms with Gasteiger partial charge < -0.3 is 9.47 Å². The molecule has 7 nitrogen and oxygen atoms in total. The topological polar surface area (TPSA) is 81.0 Å². The standard InChI is InChI=1S/C32H31N5O2S/c1-36(2)19-25-11-9-24(10-12-25)17-31-33-18-26-16-23(13-14-29(26)35-31)6-3-4-8-30(38)28-7-5-15-37(32(28)39)20-27-21-40-22-34-27/h3,5-7,9-16,18,21-22H,4,8,17,19-20H2,1-2H3/b6-3+. The second-order valence-corrected chi connectivity index (χ2v) is 10.8. The Bertz CT molecular complexity index is 1690. The minimum absolute atomic E-state index is 0.158. The highest BCUT2D eigenvalue weighted by atomic mass is 32.1. The van der Waals surface area contributed by atoms with Crippen molar-refractivity contribution in [3.63, 3.8) is 0 Å². The molecule has 5 rings (SSSR count). The summed E-state index contributed by atoms with van der Waals surface area (Å²) in [5.41, 5.74) is 6.86. The molecule has 8 heteroatoms. The minimum Gasteiger partial charge on any atom is -0.309 e. The predicted molar refractivity (Wildman–Crippen MR) is 161 cm³/mol. The number of carbonyl (C=O) groups excluding carboxylic acids is 1. The van der Waals surface area contributed by atoms with E-state index < -0.39 is 0 Å². The molecule has 0 spiro atoms. The molecular formula is C32H31N5O2S. The lowest BCUT2D eigenvalue weighted by atomic mass is 10.1. The second kappa shape index (κ2) is 12.7. The van der Waals surface area contributed by atoms with Crippen molar-refractivity contribution in [1.82, 2.24) is 24.4 Å². The SMILES string of the molecule is CN(C)Cc1ccc(Cc2ncc3cc(/C=C/CCC(=O)c4cccn(Cc5cscn5)c4=O)ccc3n2)cc1. The zero-order valence-electron chi connectivity index (χ0n) is 22.7. The Kier molecular flexibility index (Phi) is 8.68. The summed E-state index contributed by atoms with van der Waals surface area (Å²) in [4.78, 5) is 41.2. The molecule has 0 saturated carbocycles. The maximum atomic E-state index is 12.8. The Morgan fingerprint density at radius 3 is 2.65 bits per heavy atom. The van der Waals surface area contributed by atoms with Crippen molar-refractivity contribution in [3.8, 4) is 0 Å². The van der Waals surface area contributed by atoms with E-state index in [4.69, 9.17) is 4.98 Å². The number of thiazole rings is 1. The highest BCUT2D eigenvalue weighted by Crippen LogP contribution is 2.17. The van der Waals surface area contributed by atoms with Crippen molar-refractivity contribution in [2.24, 2.45) is 0 Å². The third-order valence-electron chi connectivity index (χ3n) is 6.52. The Morgan fingerprint density at radius 2 is 1.88 bits per heavy atom. The number of benzene rings is 2. The molecular weight excluding hydrogens is 518 g/mol. The summed E-state index contributed by atoms with van der Waals surface area (Å²) in [6.07, 6.45) is 9.00. The second-order valence-electron chi connectivity index (χ2n) is 10.0. The fourth-order valence-electron chi connectivity index (χ4n) is 4.52. The Morgan fingerprint density at radius 1 is 1.05 bits per heavy atom. The van der Waals surface area contributed by atoms with E-state index in [2.05, 4.69) is 53.2 Å². The van der Waals surface area contributed by atoms with Crippen molar-refractivity contribution in [3.05, 3.63) is 128 Å². The number of Topliss-reactive ketones (excluding diaryl/α,β-unsaturated/α-hetero) is 1. The van der Waals surface area contributed by atoms with Gasteiger partial charge in [0, 0.05) is 42.5 Å². The molecule has 0 aliphatic heterocycles. The van der Waals surface area contributed by atoms with E-state index in [1.165, 1.54) is 27.0 Å². The minimum atomic E-state index is -0.278. The number of ketones is 1. The van der Waals surface area contributed by atoms with Gasteiger partial charge in [-0.2, -0.15) is 0 Å². The molecule has 0 amide bonds. The van der Waals surface area contributed by atoms with Crippen LogP contribution in [0.4, 0.5) is 0 Å². The van der Waals surface area contributed by atoms with Gasteiger partial charge in [0.05, 0.1) is 28.8 Å². The quantitative estimate of drug-likeness (QED) is 0.199. The maximum Gasteiger partial charge on any atom is 0.261 e. The Balaban J connectivity index is 1.18. The number of aromatic nitrogens is 4. The molecule has 40 heavy (non-hydrogen) atoms. The van der Waals surface area contributed by atoms with Crippen molar-refractivity contribution in [1.29, 1.82) is 0 Å². The van der Waals surface area contributed by atoms with Crippen LogP contribution in [0, 0.1) is 0 Å². The molecule has 0 N–H and O–H groups in total.